The van der Waals surface area contributed by atoms with Crippen molar-refractivity contribution >= 4 is 6.08 Å². The maximum Gasteiger partial charge on any atom is 0 e. The smallest absolute Gasteiger partial charge is 0 e. The van der Waals surface area contributed by atoms with E-state index in [-0.39, 0.29) is 32.7 Å². The number of rotatable bonds is 1. The molecule has 1 rings (SSSR count). The van der Waals surface area contributed by atoms with Crippen LogP contribution in [0.2, 0.25) is 0 Å². The van der Waals surface area contributed by atoms with E-state index >= 15 is 0 Å². The predicted octanol–water partition coefficient (Wildman–Crippen LogP) is 2.31. The molecule has 0 amide bonds. The first kappa shape index (κ1) is 9.93. The van der Waals surface area contributed by atoms with Crippen LogP contribution in [0.1, 0.15) is 11.1 Å². The second-order valence-corrected chi connectivity index (χ2v) is 1.87. The maximum atomic E-state index is 5.29. The number of benzene rings is 1. The van der Waals surface area contributed by atoms with Gasteiger partial charge in [-0.3, -0.25) is 6.58 Å². The molecule has 1 aromatic carbocycles. The van der Waals surface area contributed by atoms with Gasteiger partial charge in [0, 0.05) is 32.7 Å². The number of hydrogen-bond donors (Lipinski definition) is 0. The van der Waals surface area contributed by atoms with Crippen molar-refractivity contribution in [1.82, 2.24) is 0 Å². The normalized spacial score (nSPS) is 8.00. The molecule has 0 aliphatic carbocycles. The molecule has 0 saturated heterocycles. The molecule has 0 N–H and O–H groups in total. The topological polar surface area (TPSA) is 0 Å². The Balaban J connectivity index is 0.000000810. The van der Waals surface area contributed by atoms with Gasteiger partial charge in [0.15, 0.2) is 0 Å². The summed E-state index contributed by atoms with van der Waals surface area (Å²) in [5, 5.41) is 0. The standard InChI is InChI=1S/C9H8.Y/c1-3-9-7-5-4-6-8(9)2;/h1,3-7H,2H2;/q-2;. The van der Waals surface area contributed by atoms with E-state index in [1.807, 2.05) is 24.3 Å². The van der Waals surface area contributed by atoms with Gasteiger partial charge < -0.3 is 0 Å². The van der Waals surface area contributed by atoms with Gasteiger partial charge in [0.25, 0.3) is 0 Å². The Labute approximate surface area is 87.2 Å². The van der Waals surface area contributed by atoms with Crippen LogP contribution >= 0.6 is 0 Å². The molecule has 0 saturated carbocycles. The van der Waals surface area contributed by atoms with Crippen LogP contribution in [-0.4, -0.2) is 0 Å². The van der Waals surface area contributed by atoms with E-state index in [1.54, 1.807) is 6.08 Å². The Kier molecular flexibility index (Phi) is 4.67. The fourth-order valence-electron chi connectivity index (χ4n) is 0.697. The van der Waals surface area contributed by atoms with Crippen molar-refractivity contribution in [2.24, 2.45) is 0 Å². The Hall–Kier alpha value is -0.0661. The van der Waals surface area contributed by atoms with Gasteiger partial charge in [0.05, 0.1) is 0 Å². The molecule has 0 atom stereocenters. The second kappa shape index (κ2) is 4.70. The van der Waals surface area contributed by atoms with E-state index in [2.05, 4.69) is 6.92 Å². The fourth-order valence-corrected chi connectivity index (χ4v) is 0.697. The van der Waals surface area contributed by atoms with E-state index in [4.69, 9.17) is 6.58 Å². The van der Waals surface area contributed by atoms with E-state index in [0.29, 0.717) is 0 Å². The van der Waals surface area contributed by atoms with Crippen molar-refractivity contribution in [3.8, 4) is 0 Å². The molecule has 0 spiro atoms. The van der Waals surface area contributed by atoms with Crippen LogP contribution in [-0.2, 0) is 32.7 Å². The molecule has 0 aromatic heterocycles. The molecule has 0 aliphatic heterocycles. The summed E-state index contributed by atoms with van der Waals surface area (Å²) in [6.07, 6.45) is 1.56. The van der Waals surface area contributed by atoms with Crippen LogP contribution in [0.5, 0.6) is 0 Å². The molecule has 1 radical (unpaired) electrons. The van der Waals surface area contributed by atoms with Crippen LogP contribution in [0.3, 0.4) is 0 Å². The van der Waals surface area contributed by atoms with Crippen molar-refractivity contribution in [3.05, 3.63) is 48.9 Å². The summed E-state index contributed by atoms with van der Waals surface area (Å²) in [6, 6.07) is 7.74. The molecule has 0 aliphatic rings. The summed E-state index contributed by atoms with van der Waals surface area (Å²) < 4.78 is 0. The summed E-state index contributed by atoms with van der Waals surface area (Å²) in [7, 11) is 0. The van der Waals surface area contributed by atoms with Crippen LogP contribution in [0, 0.1) is 13.5 Å². The zero-order valence-corrected chi connectivity index (χ0v) is 8.59. The summed E-state index contributed by atoms with van der Waals surface area (Å²) in [5.74, 6) is 0. The predicted molar refractivity (Wildman–Crippen MR) is 39.7 cm³/mol. The molecule has 0 nitrogen and oxygen atoms in total. The fraction of sp³-hybridized carbons (Fsp3) is 0. The molecule has 0 bridgehead atoms. The van der Waals surface area contributed by atoms with E-state index < -0.39 is 0 Å². The third-order valence-corrected chi connectivity index (χ3v) is 1.23. The van der Waals surface area contributed by atoms with Gasteiger partial charge in [-0.25, -0.2) is 6.08 Å². The molecule has 0 unspecified atom stereocenters. The Bertz CT molecular complexity index is 216. The average molecular weight is 205 g/mol. The minimum Gasteiger partial charge on any atom is -0.286 e. The molecule has 1 aromatic rings. The SMILES string of the molecule is [CH-]=Cc1ccccc1[CH2-].[Y]. The van der Waals surface area contributed by atoms with Crippen molar-refractivity contribution in [3.63, 3.8) is 0 Å². The largest absolute Gasteiger partial charge is 0.286 e. The van der Waals surface area contributed by atoms with Gasteiger partial charge in [-0.2, -0.15) is 18.6 Å². The van der Waals surface area contributed by atoms with Crippen LogP contribution < -0.4 is 0 Å². The monoisotopic (exact) mass is 205 g/mol. The molecular weight excluding hydrogens is 197 g/mol. The van der Waals surface area contributed by atoms with Crippen molar-refractivity contribution in [2.45, 2.75) is 0 Å². The quantitative estimate of drug-likeness (QED) is 0.617. The zero-order valence-electron chi connectivity index (χ0n) is 5.75. The molecular formula is C9H8Y-2. The van der Waals surface area contributed by atoms with Gasteiger partial charge in [-0.05, 0) is 0 Å². The minimum absolute atomic E-state index is 0. The number of hydrogen-bond acceptors (Lipinski definition) is 0. The third kappa shape index (κ3) is 2.28. The van der Waals surface area contributed by atoms with Gasteiger partial charge in [0.1, 0.15) is 0 Å². The summed E-state index contributed by atoms with van der Waals surface area (Å²) >= 11 is 0. The first-order chi connectivity index (χ1) is 4.34. The van der Waals surface area contributed by atoms with Gasteiger partial charge in [-0.15, -0.1) is 17.7 Å². The van der Waals surface area contributed by atoms with E-state index in [9.17, 15) is 0 Å². The second-order valence-electron chi connectivity index (χ2n) is 1.87. The first-order valence-electron chi connectivity index (χ1n) is 2.80. The Morgan fingerprint density at radius 3 is 2.30 bits per heavy atom. The van der Waals surface area contributed by atoms with Crippen molar-refractivity contribution < 1.29 is 32.7 Å². The molecule has 0 fully saturated rings. The third-order valence-electron chi connectivity index (χ3n) is 1.23. The van der Waals surface area contributed by atoms with Crippen molar-refractivity contribution in [2.75, 3.05) is 0 Å². The van der Waals surface area contributed by atoms with E-state index in [0.717, 1.165) is 11.1 Å². The zero-order chi connectivity index (χ0) is 6.69. The Morgan fingerprint density at radius 2 is 1.90 bits per heavy atom. The summed E-state index contributed by atoms with van der Waals surface area (Å²) in [5.41, 5.74) is 1.97. The minimum atomic E-state index is 0. The van der Waals surface area contributed by atoms with Crippen molar-refractivity contribution in [1.29, 1.82) is 0 Å². The van der Waals surface area contributed by atoms with E-state index in [1.165, 1.54) is 0 Å². The van der Waals surface area contributed by atoms with Gasteiger partial charge >= 0.3 is 0 Å². The molecule has 10 heavy (non-hydrogen) atoms. The molecule has 0 heterocycles. The Morgan fingerprint density at radius 1 is 1.30 bits per heavy atom. The van der Waals surface area contributed by atoms with Crippen LogP contribution in [0.4, 0.5) is 0 Å². The van der Waals surface area contributed by atoms with Gasteiger partial charge in [0.2, 0.25) is 0 Å². The maximum absolute atomic E-state index is 5.29. The first-order valence-corrected chi connectivity index (χ1v) is 2.80. The van der Waals surface area contributed by atoms with Gasteiger partial charge in [-0.1, -0.05) is 6.07 Å². The molecule has 1 heteroatoms. The molecule has 49 valence electrons. The van der Waals surface area contributed by atoms with Crippen LogP contribution in [0.15, 0.2) is 24.3 Å². The van der Waals surface area contributed by atoms with Crippen LogP contribution in [0.25, 0.3) is 6.08 Å². The summed E-state index contributed by atoms with van der Waals surface area (Å²) in [6.45, 7) is 9.07. The average Bonchev–Trinajstić information content (AvgIpc) is 1.89. The summed E-state index contributed by atoms with van der Waals surface area (Å²) in [4.78, 5) is 0.